The van der Waals surface area contributed by atoms with Gasteiger partial charge in [-0.05, 0) is 7.05 Å². The lowest BCUT2D eigenvalue weighted by Crippen LogP contribution is -2.50. The fourth-order valence-corrected chi connectivity index (χ4v) is 2.21. The Hall–Kier alpha value is -0.870. The second kappa shape index (κ2) is 4.78. The highest BCUT2D eigenvalue weighted by atomic mass is 15.2. The molecule has 2 heterocycles. The number of likely N-dealkylation sites (N-methyl/N-ethyl adjacent to an activating group) is 1. The van der Waals surface area contributed by atoms with Gasteiger partial charge in [0.15, 0.2) is 0 Å². The van der Waals surface area contributed by atoms with Gasteiger partial charge >= 0.3 is 0 Å². The average molecular weight is 236 g/mol. The molecule has 1 aliphatic heterocycles. The van der Waals surface area contributed by atoms with Crippen molar-refractivity contribution in [3.05, 3.63) is 17.7 Å². The van der Waals surface area contributed by atoms with Crippen LogP contribution in [0.2, 0.25) is 0 Å². The van der Waals surface area contributed by atoms with Crippen molar-refractivity contribution in [2.45, 2.75) is 38.6 Å². The van der Waals surface area contributed by atoms with Crippen molar-refractivity contribution in [2.24, 2.45) is 0 Å². The van der Waals surface area contributed by atoms with E-state index in [1.165, 1.54) is 5.69 Å². The lowest BCUT2D eigenvalue weighted by atomic mass is 9.93. The van der Waals surface area contributed by atoms with Crippen LogP contribution < -0.4 is 5.32 Å². The van der Waals surface area contributed by atoms with E-state index >= 15 is 0 Å². The van der Waals surface area contributed by atoms with Crippen molar-refractivity contribution >= 4 is 0 Å². The van der Waals surface area contributed by atoms with E-state index in [2.05, 4.69) is 48.0 Å². The molecule has 0 bridgehead atoms. The zero-order valence-corrected chi connectivity index (χ0v) is 11.4. The largest absolute Gasteiger partial charge is 0.345 e. The maximum Gasteiger partial charge on any atom is 0.107 e. The predicted octanol–water partition coefficient (Wildman–Crippen LogP) is 1.15. The molecule has 1 aromatic rings. The van der Waals surface area contributed by atoms with E-state index < -0.39 is 0 Å². The fraction of sp³-hybridized carbons (Fsp3) is 0.769. The standard InChI is InChI=1S/C13H24N4/c1-13(2,3)11-8-15-12(16-11)7-10-9-17(4)6-5-14-10/h8,10,14H,5-7,9H2,1-4H3,(H,15,16). The molecule has 96 valence electrons. The first-order valence-electron chi connectivity index (χ1n) is 6.41. The predicted molar refractivity (Wildman–Crippen MR) is 70.3 cm³/mol. The number of rotatable bonds is 2. The summed E-state index contributed by atoms with van der Waals surface area (Å²) in [4.78, 5) is 10.3. The molecule has 0 aliphatic carbocycles. The Morgan fingerprint density at radius 2 is 2.24 bits per heavy atom. The number of H-pyrrole nitrogens is 1. The second-order valence-electron chi connectivity index (χ2n) is 6.11. The van der Waals surface area contributed by atoms with E-state index in [-0.39, 0.29) is 5.41 Å². The maximum atomic E-state index is 4.49. The maximum absolute atomic E-state index is 4.49. The number of nitrogens with zero attached hydrogens (tertiary/aromatic N) is 2. The van der Waals surface area contributed by atoms with Crippen LogP contribution in [0, 0.1) is 0 Å². The van der Waals surface area contributed by atoms with Crippen molar-refractivity contribution in [3.63, 3.8) is 0 Å². The molecule has 0 radical (unpaired) electrons. The molecule has 4 heteroatoms. The molecule has 1 saturated heterocycles. The molecule has 0 aromatic carbocycles. The van der Waals surface area contributed by atoms with Gasteiger partial charge in [0.2, 0.25) is 0 Å². The van der Waals surface area contributed by atoms with Crippen LogP contribution in [0.1, 0.15) is 32.3 Å². The van der Waals surface area contributed by atoms with Crippen LogP contribution in [0.5, 0.6) is 0 Å². The average Bonchev–Trinajstić information content (AvgIpc) is 2.65. The van der Waals surface area contributed by atoms with Crippen LogP contribution in [-0.2, 0) is 11.8 Å². The number of hydrogen-bond donors (Lipinski definition) is 2. The summed E-state index contributed by atoms with van der Waals surface area (Å²) < 4.78 is 0. The van der Waals surface area contributed by atoms with Gasteiger partial charge in [0.1, 0.15) is 5.82 Å². The second-order valence-corrected chi connectivity index (χ2v) is 6.11. The van der Waals surface area contributed by atoms with Crippen molar-refractivity contribution in [1.82, 2.24) is 20.2 Å². The lowest BCUT2D eigenvalue weighted by molar-refractivity contribution is 0.236. The van der Waals surface area contributed by atoms with E-state index in [0.29, 0.717) is 6.04 Å². The van der Waals surface area contributed by atoms with E-state index in [4.69, 9.17) is 0 Å². The van der Waals surface area contributed by atoms with Crippen LogP contribution in [-0.4, -0.2) is 47.6 Å². The number of nitrogens with one attached hydrogen (secondary N) is 2. The van der Waals surface area contributed by atoms with Gasteiger partial charge in [-0.2, -0.15) is 0 Å². The van der Waals surface area contributed by atoms with Gasteiger partial charge in [-0.15, -0.1) is 0 Å². The highest BCUT2D eigenvalue weighted by molar-refractivity contribution is 5.12. The van der Waals surface area contributed by atoms with Crippen molar-refractivity contribution in [1.29, 1.82) is 0 Å². The Morgan fingerprint density at radius 1 is 1.47 bits per heavy atom. The lowest BCUT2D eigenvalue weighted by Gasteiger charge is -2.30. The normalized spacial score (nSPS) is 22.9. The SMILES string of the molecule is CN1CCNC(Cc2ncc(C(C)(C)C)[nH]2)C1. The Labute approximate surface area is 104 Å². The molecule has 1 aliphatic rings. The van der Waals surface area contributed by atoms with Crippen LogP contribution in [0.3, 0.4) is 0 Å². The molecule has 0 saturated carbocycles. The number of imidazole rings is 1. The Kier molecular flexibility index (Phi) is 3.54. The zero-order valence-electron chi connectivity index (χ0n) is 11.4. The van der Waals surface area contributed by atoms with Gasteiger partial charge in [-0.3, -0.25) is 0 Å². The van der Waals surface area contributed by atoms with E-state index in [1.807, 2.05) is 6.20 Å². The molecule has 4 nitrogen and oxygen atoms in total. The van der Waals surface area contributed by atoms with E-state index in [9.17, 15) is 0 Å². The minimum Gasteiger partial charge on any atom is -0.345 e. The summed E-state index contributed by atoms with van der Waals surface area (Å²) in [5.41, 5.74) is 1.37. The van der Waals surface area contributed by atoms with Gasteiger partial charge < -0.3 is 15.2 Å². The molecule has 0 spiro atoms. The zero-order chi connectivity index (χ0) is 12.5. The summed E-state index contributed by atoms with van der Waals surface area (Å²) in [7, 11) is 2.18. The third-order valence-corrected chi connectivity index (χ3v) is 3.33. The quantitative estimate of drug-likeness (QED) is 0.809. The number of aromatic amines is 1. The summed E-state index contributed by atoms with van der Waals surface area (Å²) in [5, 5.41) is 3.54. The third kappa shape index (κ3) is 3.30. The van der Waals surface area contributed by atoms with Gasteiger partial charge in [0, 0.05) is 49.4 Å². The number of piperazine rings is 1. The van der Waals surface area contributed by atoms with E-state index in [1.54, 1.807) is 0 Å². The molecule has 17 heavy (non-hydrogen) atoms. The van der Waals surface area contributed by atoms with Crippen LogP contribution in [0.25, 0.3) is 0 Å². The summed E-state index contributed by atoms with van der Waals surface area (Å²) >= 11 is 0. The van der Waals surface area contributed by atoms with E-state index in [0.717, 1.165) is 31.9 Å². The summed E-state index contributed by atoms with van der Waals surface area (Å²) in [6, 6.07) is 0.521. The van der Waals surface area contributed by atoms with Crippen LogP contribution in [0.4, 0.5) is 0 Å². The molecule has 1 aromatic heterocycles. The minimum atomic E-state index is 0.155. The van der Waals surface area contributed by atoms with Gasteiger partial charge in [-0.25, -0.2) is 4.98 Å². The van der Waals surface area contributed by atoms with Gasteiger partial charge in [0.25, 0.3) is 0 Å². The fourth-order valence-electron chi connectivity index (χ4n) is 2.21. The van der Waals surface area contributed by atoms with Gasteiger partial charge in [-0.1, -0.05) is 20.8 Å². The molecule has 1 atom stereocenters. The first kappa shape index (κ1) is 12.6. The third-order valence-electron chi connectivity index (χ3n) is 3.33. The molecular weight excluding hydrogens is 212 g/mol. The molecule has 1 unspecified atom stereocenters. The highest BCUT2D eigenvalue weighted by Crippen LogP contribution is 2.20. The molecular formula is C13H24N4. The Bertz CT molecular complexity index is 364. The minimum absolute atomic E-state index is 0.155. The van der Waals surface area contributed by atoms with Crippen molar-refractivity contribution in [3.8, 4) is 0 Å². The van der Waals surface area contributed by atoms with Crippen molar-refractivity contribution < 1.29 is 0 Å². The van der Waals surface area contributed by atoms with Crippen LogP contribution in [0.15, 0.2) is 6.20 Å². The van der Waals surface area contributed by atoms with Gasteiger partial charge in [0.05, 0.1) is 0 Å². The molecule has 1 fully saturated rings. The number of hydrogen-bond acceptors (Lipinski definition) is 3. The summed E-state index contributed by atoms with van der Waals surface area (Å²) in [5.74, 6) is 1.10. The Morgan fingerprint density at radius 3 is 2.82 bits per heavy atom. The monoisotopic (exact) mass is 236 g/mol. The first-order chi connectivity index (χ1) is 7.95. The molecule has 2 N–H and O–H groups in total. The summed E-state index contributed by atoms with van der Waals surface area (Å²) in [6.07, 6.45) is 2.96. The first-order valence-corrected chi connectivity index (χ1v) is 6.41. The summed E-state index contributed by atoms with van der Waals surface area (Å²) in [6.45, 7) is 9.94. The van der Waals surface area contributed by atoms with Crippen molar-refractivity contribution in [2.75, 3.05) is 26.7 Å². The number of aromatic nitrogens is 2. The topological polar surface area (TPSA) is 44.0 Å². The highest BCUT2D eigenvalue weighted by Gasteiger charge is 2.20. The smallest absolute Gasteiger partial charge is 0.107 e. The molecule has 2 rings (SSSR count). The van der Waals surface area contributed by atoms with Crippen LogP contribution >= 0.6 is 0 Å². The molecule has 0 amide bonds. The Balaban J connectivity index is 1.97.